The van der Waals surface area contributed by atoms with Gasteiger partial charge in [-0.3, -0.25) is 4.79 Å². The third kappa shape index (κ3) is 3.79. The van der Waals surface area contributed by atoms with E-state index < -0.39 is 22.1 Å². The maximum absolute atomic E-state index is 13.3. The van der Waals surface area contributed by atoms with E-state index in [1.165, 1.54) is 4.31 Å². The SMILES string of the molecule is C=C[C@@H]1CC(=O)C[C@H](Cc2ccccc2)N1S(=O)(=O)c1ccc(C)cc1. The second-order valence-electron chi connectivity index (χ2n) is 6.74. The summed E-state index contributed by atoms with van der Waals surface area (Å²) in [7, 11) is -3.72. The van der Waals surface area contributed by atoms with Crippen molar-refractivity contribution in [2.45, 2.75) is 43.2 Å². The number of hydrogen-bond acceptors (Lipinski definition) is 3. The zero-order chi connectivity index (χ0) is 18.7. The maximum atomic E-state index is 13.3. The first kappa shape index (κ1) is 18.5. The topological polar surface area (TPSA) is 54.5 Å². The van der Waals surface area contributed by atoms with Crippen LogP contribution in [-0.4, -0.2) is 30.6 Å². The highest BCUT2D eigenvalue weighted by atomic mass is 32.2. The Labute approximate surface area is 155 Å². The number of sulfonamides is 1. The number of rotatable bonds is 5. The lowest BCUT2D eigenvalue weighted by molar-refractivity contribution is -0.122. The molecule has 1 aliphatic heterocycles. The van der Waals surface area contributed by atoms with Crippen molar-refractivity contribution in [3.05, 3.63) is 78.4 Å². The van der Waals surface area contributed by atoms with Crippen LogP contribution in [0.25, 0.3) is 0 Å². The summed E-state index contributed by atoms with van der Waals surface area (Å²) in [6.45, 7) is 5.69. The van der Waals surface area contributed by atoms with Gasteiger partial charge in [0.15, 0.2) is 0 Å². The van der Waals surface area contributed by atoms with Crippen LogP contribution < -0.4 is 0 Å². The number of carbonyl (C=O) groups excluding carboxylic acids is 1. The highest BCUT2D eigenvalue weighted by molar-refractivity contribution is 7.89. The standard InChI is InChI=1S/C21H23NO3S/c1-3-18-14-20(23)15-19(13-17-7-5-4-6-8-17)22(18)26(24,25)21-11-9-16(2)10-12-21/h3-12,18-19H,1,13-15H2,2H3/t18-,19+/m1/s1. The molecule has 0 bridgehead atoms. The lowest BCUT2D eigenvalue weighted by Gasteiger charge is -2.39. The first-order valence-electron chi connectivity index (χ1n) is 8.70. The average Bonchev–Trinajstić information content (AvgIpc) is 2.62. The fraction of sp³-hybridized carbons (Fsp3) is 0.286. The number of benzene rings is 2. The first-order chi connectivity index (χ1) is 12.4. The summed E-state index contributed by atoms with van der Waals surface area (Å²) in [6, 6.07) is 15.6. The second kappa shape index (κ2) is 7.56. The Bertz CT molecular complexity index is 889. The van der Waals surface area contributed by atoms with E-state index in [9.17, 15) is 13.2 Å². The average molecular weight is 369 g/mol. The van der Waals surface area contributed by atoms with Crippen molar-refractivity contribution in [3.63, 3.8) is 0 Å². The molecule has 1 aliphatic rings. The number of nitrogens with zero attached hydrogens (tertiary/aromatic N) is 1. The van der Waals surface area contributed by atoms with Crippen LogP contribution in [0.3, 0.4) is 0 Å². The molecule has 0 amide bonds. The molecular formula is C21H23NO3S. The summed E-state index contributed by atoms with van der Waals surface area (Å²) >= 11 is 0. The van der Waals surface area contributed by atoms with Crippen molar-refractivity contribution < 1.29 is 13.2 Å². The Hall–Kier alpha value is -2.24. The Kier molecular flexibility index (Phi) is 5.39. The van der Waals surface area contributed by atoms with Crippen LogP contribution in [-0.2, 0) is 21.2 Å². The summed E-state index contributed by atoms with van der Waals surface area (Å²) in [5.41, 5.74) is 2.01. The van der Waals surface area contributed by atoms with Crippen LogP contribution >= 0.6 is 0 Å². The molecule has 5 heteroatoms. The molecule has 0 radical (unpaired) electrons. The number of hydrogen-bond donors (Lipinski definition) is 0. The first-order valence-corrected chi connectivity index (χ1v) is 10.1. The van der Waals surface area contributed by atoms with E-state index in [-0.39, 0.29) is 23.5 Å². The van der Waals surface area contributed by atoms with Crippen molar-refractivity contribution in [2.75, 3.05) is 0 Å². The predicted octanol–water partition coefficient (Wildman–Crippen LogP) is 3.51. The lowest BCUT2D eigenvalue weighted by Crippen LogP contribution is -2.52. The predicted molar refractivity (Wildman–Crippen MR) is 102 cm³/mol. The third-order valence-corrected chi connectivity index (χ3v) is 6.76. The largest absolute Gasteiger partial charge is 0.300 e. The number of aryl methyl sites for hydroxylation is 1. The fourth-order valence-corrected chi connectivity index (χ4v) is 5.25. The van der Waals surface area contributed by atoms with E-state index in [1.807, 2.05) is 37.3 Å². The van der Waals surface area contributed by atoms with Gasteiger partial charge in [-0.05, 0) is 31.0 Å². The normalized spacial score (nSPS) is 21.5. The molecule has 136 valence electrons. The van der Waals surface area contributed by atoms with E-state index >= 15 is 0 Å². The molecule has 26 heavy (non-hydrogen) atoms. The Balaban J connectivity index is 2.01. The highest BCUT2D eigenvalue weighted by Crippen LogP contribution is 2.31. The molecule has 3 rings (SSSR count). The van der Waals surface area contributed by atoms with Gasteiger partial charge in [-0.25, -0.2) is 8.42 Å². The van der Waals surface area contributed by atoms with E-state index in [4.69, 9.17) is 0 Å². The molecule has 1 heterocycles. The van der Waals surface area contributed by atoms with Gasteiger partial charge in [-0.2, -0.15) is 4.31 Å². The zero-order valence-corrected chi connectivity index (χ0v) is 15.7. The fourth-order valence-electron chi connectivity index (χ4n) is 3.47. The molecule has 2 aromatic carbocycles. The molecule has 0 saturated carbocycles. The Morgan fingerprint density at radius 2 is 1.73 bits per heavy atom. The molecule has 0 spiro atoms. The third-order valence-electron chi connectivity index (χ3n) is 4.77. The Morgan fingerprint density at radius 1 is 1.08 bits per heavy atom. The van der Waals surface area contributed by atoms with Crippen LogP contribution in [0.1, 0.15) is 24.0 Å². The van der Waals surface area contributed by atoms with E-state index in [1.54, 1.807) is 30.3 Å². The molecule has 0 N–H and O–H groups in total. The van der Waals surface area contributed by atoms with Gasteiger partial charge in [0.25, 0.3) is 0 Å². The number of carbonyl (C=O) groups is 1. The van der Waals surface area contributed by atoms with E-state index in [2.05, 4.69) is 6.58 Å². The summed E-state index contributed by atoms with van der Waals surface area (Å²) in [5, 5.41) is 0. The van der Waals surface area contributed by atoms with Gasteiger partial charge >= 0.3 is 0 Å². The van der Waals surface area contributed by atoms with Crippen LogP contribution in [0, 0.1) is 6.92 Å². The summed E-state index contributed by atoms with van der Waals surface area (Å²) < 4.78 is 28.2. The van der Waals surface area contributed by atoms with Gasteiger partial charge < -0.3 is 0 Å². The zero-order valence-electron chi connectivity index (χ0n) is 14.8. The van der Waals surface area contributed by atoms with Gasteiger partial charge in [0.05, 0.1) is 10.9 Å². The smallest absolute Gasteiger partial charge is 0.243 e. The molecular weight excluding hydrogens is 346 g/mol. The summed E-state index contributed by atoms with van der Waals surface area (Å²) in [5.74, 6) is 0.0752. The van der Waals surface area contributed by atoms with Crippen molar-refractivity contribution in [1.82, 2.24) is 4.31 Å². The van der Waals surface area contributed by atoms with Crippen molar-refractivity contribution >= 4 is 15.8 Å². The summed E-state index contributed by atoms with van der Waals surface area (Å²) in [4.78, 5) is 12.5. The number of ketones is 1. The van der Waals surface area contributed by atoms with Gasteiger partial charge in [0.1, 0.15) is 5.78 Å². The molecule has 2 atom stereocenters. The number of piperidine rings is 1. The van der Waals surface area contributed by atoms with Crippen LogP contribution in [0.5, 0.6) is 0 Å². The molecule has 4 nitrogen and oxygen atoms in total. The van der Waals surface area contributed by atoms with Crippen LogP contribution in [0.2, 0.25) is 0 Å². The van der Waals surface area contributed by atoms with Crippen LogP contribution in [0.4, 0.5) is 0 Å². The van der Waals surface area contributed by atoms with Gasteiger partial charge in [-0.1, -0.05) is 54.1 Å². The van der Waals surface area contributed by atoms with Gasteiger partial charge in [-0.15, -0.1) is 6.58 Å². The Morgan fingerprint density at radius 3 is 2.35 bits per heavy atom. The molecule has 0 aromatic heterocycles. The summed E-state index contributed by atoms with van der Waals surface area (Å²) in [6.07, 6.45) is 2.48. The minimum absolute atomic E-state index is 0.0752. The molecule has 1 saturated heterocycles. The van der Waals surface area contributed by atoms with E-state index in [0.717, 1.165) is 11.1 Å². The van der Waals surface area contributed by atoms with Crippen molar-refractivity contribution in [1.29, 1.82) is 0 Å². The quantitative estimate of drug-likeness (QED) is 0.758. The second-order valence-corrected chi connectivity index (χ2v) is 8.58. The van der Waals surface area contributed by atoms with Crippen molar-refractivity contribution in [3.8, 4) is 0 Å². The molecule has 1 fully saturated rings. The lowest BCUT2D eigenvalue weighted by atomic mass is 9.93. The molecule has 0 unspecified atom stereocenters. The minimum Gasteiger partial charge on any atom is -0.300 e. The van der Waals surface area contributed by atoms with Crippen molar-refractivity contribution in [2.24, 2.45) is 0 Å². The molecule has 2 aromatic rings. The van der Waals surface area contributed by atoms with Gasteiger partial charge in [0, 0.05) is 18.9 Å². The molecule has 0 aliphatic carbocycles. The maximum Gasteiger partial charge on any atom is 0.243 e. The monoisotopic (exact) mass is 369 g/mol. The van der Waals surface area contributed by atoms with Gasteiger partial charge in [0.2, 0.25) is 10.0 Å². The minimum atomic E-state index is -3.72. The van der Waals surface area contributed by atoms with E-state index in [0.29, 0.717) is 6.42 Å². The van der Waals surface area contributed by atoms with Crippen LogP contribution in [0.15, 0.2) is 72.1 Å². The number of Topliss-reactive ketones (excluding diaryl/α,β-unsaturated/α-hetero) is 1. The highest BCUT2D eigenvalue weighted by Gasteiger charge is 2.41.